The Morgan fingerprint density at radius 1 is 1.47 bits per heavy atom. The minimum absolute atomic E-state index is 0.0933. The van der Waals surface area contributed by atoms with E-state index in [-0.39, 0.29) is 11.5 Å². The number of carbonyl (C=O) groups is 1. The zero-order chi connectivity index (χ0) is 12.4. The Morgan fingerprint density at radius 3 is 2.88 bits per heavy atom. The highest BCUT2D eigenvalue weighted by Gasteiger charge is 2.17. The number of methoxy groups -OCH3 is 1. The first-order valence-electron chi connectivity index (χ1n) is 4.98. The zero-order valence-corrected chi connectivity index (χ0v) is 9.54. The van der Waals surface area contributed by atoms with Gasteiger partial charge in [-0.15, -0.1) is 0 Å². The number of anilines is 1. The quantitative estimate of drug-likeness (QED) is 0.779. The Labute approximate surface area is 98.1 Å². The van der Waals surface area contributed by atoms with Crippen molar-refractivity contribution in [2.75, 3.05) is 12.8 Å². The van der Waals surface area contributed by atoms with Gasteiger partial charge in [0.25, 0.3) is 0 Å². The average molecular weight is 232 g/mol. The number of aryl methyl sites for hydroxylation is 1. The topological polar surface area (TPSA) is 83.0 Å². The van der Waals surface area contributed by atoms with Crippen molar-refractivity contribution in [3.8, 4) is 5.82 Å². The van der Waals surface area contributed by atoms with E-state index in [1.807, 2.05) is 19.1 Å². The Hall–Kier alpha value is -2.37. The molecule has 0 aliphatic heterocycles. The second-order valence-electron chi connectivity index (χ2n) is 3.48. The molecule has 6 nitrogen and oxygen atoms in total. The molecule has 0 atom stereocenters. The maximum atomic E-state index is 11.3. The van der Waals surface area contributed by atoms with Gasteiger partial charge in [0.1, 0.15) is 18.0 Å². The molecular weight excluding hydrogens is 220 g/mol. The van der Waals surface area contributed by atoms with Crippen LogP contribution in [0.25, 0.3) is 5.82 Å². The number of carbonyl (C=O) groups excluding carboxylic acids is 1. The third-order valence-electron chi connectivity index (χ3n) is 2.30. The lowest BCUT2D eigenvalue weighted by Gasteiger charge is -2.04. The van der Waals surface area contributed by atoms with Gasteiger partial charge in [0.05, 0.1) is 7.11 Å². The van der Waals surface area contributed by atoms with Gasteiger partial charge >= 0.3 is 5.97 Å². The Morgan fingerprint density at radius 2 is 2.24 bits per heavy atom. The number of nitrogens with zero attached hydrogens (tertiary/aromatic N) is 3. The SMILES string of the molecule is COC(=O)c1ncn(-c2cccc(C)n2)c1N. The monoisotopic (exact) mass is 232 g/mol. The first-order valence-corrected chi connectivity index (χ1v) is 4.98. The predicted octanol–water partition coefficient (Wildman–Crippen LogP) is 0.945. The molecule has 2 N–H and O–H groups in total. The number of nitrogens with two attached hydrogens (primary N) is 1. The van der Waals surface area contributed by atoms with Gasteiger partial charge in [-0.1, -0.05) is 6.07 Å². The lowest BCUT2D eigenvalue weighted by molar-refractivity contribution is 0.0596. The number of aromatic nitrogens is 3. The highest BCUT2D eigenvalue weighted by atomic mass is 16.5. The molecule has 0 aromatic carbocycles. The maximum absolute atomic E-state index is 11.3. The largest absolute Gasteiger partial charge is 0.464 e. The molecule has 0 radical (unpaired) electrons. The number of imidazole rings is 1. The number of esters is 1. The molecular formula is C11H12N4O2. The first kappa shape index (κ1) is 11.1. The molecule has 88 valence electrons. The molecule has 0 bridgehead atoms. The van der Waals surface area contributed by atoms with Gasteiger partial charge < -0.3 is 10.5 Å². The summed E-state index contributed by atoms with van der Waals surface area (Å²) in [6, 6.07) is 5.51. The zero-order valence-electron chi connectivity index (χ0n) is 9.54. The van der Waals surface area contributed by atoms with E-state index < -0.39 is 5.97 Å². The van der Waals surface area contributed by atoms with Crippen LogP contribution in [0.3, 0.4) is 0 Å². The summed E-state index contributed by atoms with van der Waals surface area (Å²) in [5, 5.41) is 0. The fourth-order valence-electron chi connectivity index (χ4n) is 1.46. The van der Waals surface area contributed by atoms with Gasteiger partial charge in [0.2, 0.25) is 0 Å². The van der Waals surface area contributed by atoms with E-state index in [2.05, 4.69) is 14.7 Å². The van der Waals surface area contributed by atoms with E-state index in [0.29, 0.717) is 5.82 Å². The molecule has 0 aliphatic carbocycles. The molecule has 2 aromatic rings. The number of nitrogen functional groups attached to an aromatic ring is 1. The molecule has 2 aromatic heterocycles. The van der Waals surface area contributed by atoms with Crippen molar-refractivity contribution in [1.82, 2.24) is 14.5 Å². The van der Waals surface area contributed by atoms with Gasteiger partial charge in [0.15, 0.2) is 5.69 Å². The van der Waals surface area contributed by atoms with Crippen LogP contribution in [0.2, 0.25) is 0 Å². The second kappa shape index (κ2) is 4.25. The molecule has 0 unspecified atom stereocenters. The minimum atomic E-state index is -0.561. The molecule has 0 amide bonds. The smallest absolute Gasteiger partial charge is 0.360 e. The van der Waals surface area contributed by atoms with E-state index in [0.717, 1.165) is 5.69 Å². The van der Waals surface area contributed by atoms with Crippen LogP contribution in [0.15, 0.2) is 24.5 Å². The van der Waals surface area contributed by atoms with Crippen LogP contribution in [0.4, 0.5) is 5.82 Å². The van der Waals surface area contributed by atoms with Gasteiger partial charge in [-0.3, -0.25) is 4.57 Å². The predicted molar refractivity (Wildman–Crippen MR) is 61.8 cm³/mol. The first-order chi connectivity index (χ1) is 8.13. The summed E-state index contributed by atoms with van der Waals surface area (Å²) >= 11 is 0. The number of ether oxygens (including phenoxy) is 1. The van der Waals surface area contributed by atoms with Crippen LogP contribution in [-0.4, -0.2) is 27.6 Å². The molecule has 2 rings (SSSR count). The molecule has 0 aliphatic rings. The summed E-state index contributed by atoms with van der Waals surface area (Å²) in [7, 11) is 1.28. The second-order valence-corrected chi connectivity index (χ2v) is 3.48. The van der Waals surface area contributed by atoms with Crippen LogP contribution >= 0.6 is 0 Å². The van der Waals surface area contributed by atoms with Crippen molar-refractivity contribution < 1.29 is 9.53 Å². The van der Waals surface area contributed by atoms with Crippen molar-refractivity contribution in [2.24, 2.45) is 0 Å². The number of rotatable bonds is 2. The van der Waals surface area contributed by atoms with Crippen LogP contribution < -0.4 is 5.73 Å². The van der Waals surface area contributed by atoms with Crippen LogP contribution in [-0.2, 0) is 4.74 Å². The van der Waals surface area contributed by atoms with Crippen molar-refractivity contribution >= 4 is 11.8 Å². The lowest BCUT2D eigenvalue weighted by atomic mass is 10.3. The van der Waals surface area contributed by atoms with Crippen molar-refractivity contribution in [3.63, 3.8) is 0 Å². The molecule has 0 spiro atoms. The number of pyridine rings is 1. The molecule has 0 saturated heterocycles. The maximum Gasteiger partial charge on any atom is 0.360 e. The Kier molecular flexibility index (Phi) is 2.78. The fourth-order valence-corrected chi connectivity index (χ4v) is 1.46. The van der Waals surface area contributed by atoms with E-state index >= 15 is 0 Å². The number of hydrogen-bond donors (Lipinski definition) is 1. The molecule has 2 heterocycles. The summed E-state index contributed by atoms with van der Waals surface area (Å²) in [5.41, 5.74) is 6.77. The summed E-state index contributed by atoms with van der Waals surface area (Å²) in [5.74, 6) is 0.272. The summed E-state index contributed by atoms with van der Waals surface area (Å²) < 4.78 is 6.12. The van der Waals surface area contributed by atoms with E-state index in [9.17, 15) is 4.79 Å². The van der Waals surface area contributed by atoms with Gasteiger partial charge in [-0.2, -0.15) is 0 Å². The third kappa shape index (κ3) is 1.96. The molecule has 17 heavy (non-hydrogen) atoms. The average Bonchev–Trinajstić information content (AvgIpc) is 2.70. The lowest BCUT2D eigenvalue weighted by Crippen LogP contribution is -2.08. The van der Waals surface area contributed by atoms with E-state index in [1.54, 1.807) is 10.6 Å². The summed E-state index contributed by atoms with van der Waals surface area (Å²) in [6.45, 7) is 1.87. The van der Waals surface area contributed by atoms with Crippen molar-refractivity contribution in [3.05, 3.63) is 35.9 Å². The van der Waals surface area contributed by atoms with E-state index in [4.69, 9.17) is 5.73 Å². The van der Waals surface area contributed by atoms with Gasteiger partial charge in [-0.05, 0) is 19.1 Å². The molecule has 6 heteroatoms. The molecule has 0 fully saturated rings. The molecule has 0 saturated carbocycles. The normalized spacial score (nSPS) is 10.2. The Bertz CT molecular complexity index is 562. The van der Waals surface area contributed by atoms with Gasteiger partial charge in [0, 0.05) is 5.69 Å². The minimum Gasteiger partial charge on any atom is -0.464 e. The van der Waals surface area contributed by atoms with E-state index in [1.165, 1.54) is 13.4 Å². The third-order valence-corrected chi connectivity index (χ3v) is 2.30. The standard InChI is InChI=1S/C11H12N4O2/c1-7-4-3-5-8(14-7)15-6-13-9(10(15)12)11(16)17-2/h3-6H,12H2,1-2H3. The summed E-state index contributed by atoms with van der Waals surface area (Å²) in [4.78, 5) is 19.6. The van der Waals surface area contributed by atoms with Crippen LogP contribution in [0.1, 0.15) is 16.2 Å². The summed E-state index contributed by atoms with van der Waals surface area (Å²) in [6.07, 6.45) is 1.45. The van der Waals surface area contributed by atoms with Crippen molar-refractivity contribution in [1.29, 1.82) is 0 Å². The van der Waals surface area contributed by atoms with Crippen LogP contribution in [0, 0.1) is 6.92 Å². The highest BCUT2D eigenvalue weighted by Crippen LogP contribution is 2.16. The number of hydrogen-bond acceptors (Lipinski definition) is 5. The fraction of sp³-hybridized carbons (Fsp3) is 0.182. The van der Waals surface area contributed by atoms with Gasteiger partial charge in [-0.25, -0.2) is 14.8 Å². The van der Waals surface area contributed by atoms with Crippen LogP contribution in [0.5, 0.6) is 0 Å². The highest BCUT2D eigenvalue weighted by molar-refractivity contribution is 5.92. The van der Waals surface area contributed by atoms with Crippen molar-refractivity contribution in [2.45, 2.75) is 6.92 Å². The Balaban J connectivity index is 2.48.